The molecule has 12 heavy (non-hydrogen) atoms. The molecule has 0 aromatic carbocycles. The van der Waals surface area contributed by atoms with Crippen molar-refractivity contribution in [3.63, 3.8) is 0 Å². The molecule has 66 valence electrons. The van der Waals surface area contributed by atoms with Crippen LogP contribution in [0.1, 0.15) is 11.3 Å². The number of aromatic amines is 1. The molecule has 0 aliphatic rings. The second-order valence-electron chi connectivity index (χ2n) is 3.01. The number of nitrogens with one attached hydrogen (secondary N) is 1. The number of H-pyrrole nitrogens is 1. The summed E-state index contributed by atoms with van der Waals surface area (Å²) in [4.78, 5) is 9.29. The highest BCUT2D eigenvalue weighted by molar-refractivity contribution is 7.71. The zero-order chi connectivity index (χ0) is 9.30. The summed E-state index contributed by atoms with van der Waals surface area (Å²) in [6.07, 6.45) is 0. The summed E-state index contributed by atoms with van der Waals surface area (Å²) in [5.74, 6) is 0.808. The summed E-state index contributed by atoms with van der Waals surface area (Å²) in [5.41, 5.74) is 2.13. The van der Waals surface area contributed by atoms with Crippen LogP contribution in [0.25, 0.3) is 0 Å². The van der Waals surface area contributed by atoms with Crippen molar-refractivity contribution in [2.45, 2.75) is 13.8 Å². The van der Waals surface area contributed by atoms with Gasteiger partial charge < -0.3 is 9.88 Å². The first-order valence-corrected chi connectivity index (χ1v) is 4.18. The minimum Gasteiger partial charge on any atom is -0.349 e. The van der Waals surface area contributed by atoms with E-state index >= 15 is 0 Å². The number of anilines is 1. The summed E-state index contributed by atoms with van der Waals surface area (Å²) >= 11 is 5.09. The van der Waals surface area contributed by atoms with Crippen LogP contribution in [0.5, 0.6) is 0 Å². The molecule has 0 atom stereocenters. The molecule has 4 heteroatoms. The molecule has 0 saturated carbocycles. The van der Waals surface area contributed by atoms with Crippen molar-refractivity contribution < 1.29 is 0 Å². The molecule has 1 aromatic heterocycles. The number of hydrogen-bond donors (Lipinski definition) is 1. The Kier molecular flexibility index (Phi) is 2.47. The van der Waals surface area contributed by atoms with Crippen LogP contribution in [-0.4, -0.2) is 24.1 Å². The molecule has 1 aromatic rings. The van der Waals surface area contributed by atoms with Gasteiger partial charge in [0.2, 0.25) is 5.95 Å². The fraction of sp³-hybridized carbons (Fsp3) is 0.500. The van der Waals surface area contributed by atoms with Crippen molar-refractivity contribution in [3.8, 4) is 0 Å². The zero-order valence-corrected chi connectivity index (χ0v) is 8.62. The van der Waals surface area contributed by atoms with E-state index in [2.05, 4.69) is 9.97 Å². The molecule has 3 nitrogen and oxygen atoms in total. The summed E-state index contributed by atoms with van der Waals surface area (Å²) in [6.45, 7) is 3.97. The third-order valence-corrected chi connectivity index (χ3v) is 2.21. The Labute approximate surface area is 77.4 Å². The smallest absolute Gasteiger partial charge is 0.203 e. The van der Waals surface area contributed by atoms with Gasteiger partial charge in [-0.05, 0) is 13.8 Å². The van der Waals surface area contributed by atoms with Crippen molar-refractivity contribution in [3.05, 3.63) is 15.9 Å². The van der Waals surface area contributed by atoms with Gasteiger partial charge in [0.1, 0.15) is 4.64 Å². The van der Waals surface area contributed by atoms with Gasteiger partial charge in [-0.1, -0.05) is 12.2 Å². The average molecular weight is 183 g/mol. The molecule has 0 radical (unpaired) electrons. The zero-order valence-electron chi connectivity index (χ0n) is 7.80. The maximum Gasteiger partial charge on any atom is 0.203 e. The van der Waals surface area contributed by atoms with E-state index in [0.29, 0.717) is 4.64 Å². The summed E-state index contributed by atoms with van der Waals surface area (Å²) in [6, 6.07) is 0. The van der Waals surface area contributed by atoms with E-state index in [1.807, 2.05) is 32.8 Å². The highest BCUT2D eigenvalue weighted by atomic mass is 32.1. The van der Waals surface area contributed by atoms with E-state index in [1.54, 1.807) is 0 Å². The molecule has 0 amide bonds. The van der Waals surface area contributed by atoms with Crippen LogP contribution in [0.2, 0.25) is 0 Å². The van der Waals surface area contributed by atoms with E-state index in [9.17, 15) is 0 Å². The van der Waals surface area contributed by atoms with Crippen LogP contribution in [0.15, 0.2) is 0 Å². The number of nitrogens with zero attached hydrogens (tertiary/aromatic N) is 2. The number of rotatable bonds is 1. The summed E-state index contributed by atoms with van der Waals surface area (Å²) < 4.78 is 0.676. The van der Waals surface area contributed by atoms with Gasteiger partial charge in [-0.3, -0.25) is 0 Å². The van der Waals surface area contributed by atoms with E-state index in [0.717, 1.165) is 17.2 Å². The van der Waals surface area contributed by atoms with Crippen LogP contribution in [0.3, 0.4) is 0 Å². The van der Waals surface area contributed by atoms with Crippen molar-refractivity contribution in [1.29, 1.82) is 0 Å². The molecule has 0 aliphatic heterocycles. The maximum atomic E-state index is 5.09. The largest absolute Gasteiger partial charge is 0.349 e. The summed E-state index contributed by atoms with van der Waals surface area (Å²) in [7, 11) is 3.87. The van der Waals surface area contributed by atoms with Crippen LogP contribution in [0, 0.1) is 18.5 Å². The van der Waals surface area contributed by atoms with E-state index in [4.69, 9.17) is 12.2 Å². The van der Waals surface area contributed by atoms with Crippen molar-refractivity contribution >= 4 is 18.2 Å². The molecule has 1 rings (SSSR count). The predicted octanol–water partition coefficient (Wildman–Crippen LogP) is 1.82. The second kappa shape index (κ2) is 3.23. The SMILES string of the molecule is Cc1[nH]c(N(C)C)nc(=S)c1C. The number of aromatic nitrogens is 2. The van der Waals surface area contributed by atoms with Crippen LogP contribution >= 0.6 is 12.2 Å². The van der Waals surface area contributed by atoms with Crippen molar-refractivity contribution in [2.24, 2.45) is 0 Å². The Bertz CT molecular complexity index is 341. The standard InChI is InChI=1S/C8H13N3S/c1-5-6(2)9-8(11(3)4)10-7(5)12/h1-4H3,(H,9,10,12). The van der Waals surface area contributed by atoms with Gasteiger partial charge >= 0.3 is 0 Å². The van der Waals surface area contributed by atoms with Gasteiger partial charge in [-0.2, -0.15) is 0 Å². The lowest BCUT2D eigenvalue weighted by Crippen LogP contribution is -2.13. The molecule has 0 saturated heterocycles. The molecular weight excluding hydrogens is 170 g/mol. The Morgan fingerprint density at radius 2 is 1.92 bits per heavy atom. The molecule has 1 N–H and O–H groups in total. The fourth-order valence-corrected chi connectivity index (χ4v) is 1.08. The van der Waals surface area contributed by atoms with E-state index in [1.165, 1.54) is 0 Å². The minimum absolute atomic E-state index is 0.676. The molecule has 0 bridgehead atoms. The van der Waals surface area contributed by atoms with Crippen LogP contribution in [0.4, 0.5) is 5.95 Å². The van der Waals surface area contributed by atoms with E-state index < -0.39 is 0 Å². The third-order valence-electron chi connectivity index (χ3n) is 1.81. The van der Waals surface area contributed by atoms with Gasteiger partial charge in [0, 0.05) is 25.4 Å². The highest BCUT2D eigenvalue weighted by Crippen LogP contribution is 2.09. The maximum absolute atomic E-state index is 5.09. The van der Waals surface area contributed by atoms with Crippen molar-refractivity contribution in [2.75, 3.05) is 19.0 Å². The topological polar surface area (TPSA) is 31.9 Å². The minimum atomic E-state index is 0.676. The third kappa shape index (κ3) is 1.64. The number of hydrogen-bond acceptors (Lipinski definition) is 3. The van der Waals surface area contributed by atoms with Gasteiger partial charge in [0.15, 0.2) is 0 Å². The monoisotopic (exact) mass is 183 g/mol. The average Bonchev–Trinajstić information content (AvgIpc) is 1.99. The first-order valence-electron chi connectivity index (χ1n) is 3.77. The molecule has 0 fully saturated rings. The van der Waals surface area contributed by atoms with E-state index in [-0.39, 0.29) is 0 Å². The first kappa shape index (κ1) is 9.19. The Morgan fingerprint density at radius 1 is 1.33 bits per heavy atom. The molecule has 1 heterocycles. The van der Waals surface area contributed by atoms with Gasteiger partial charge in [0.05, 0.1) is 0 Å². The molecule has 0 spiro atoms. The quantitative estimate of drug-likeness (QED) is 0.674. The van der Waals surface area contributed by atoms with Crippen molar-refractivity contribution in [1.82, 2.24) is 9.97 Å². The lowest BCUT2D eigenvalue weighted by molar-refractivity contribution is 0.955. The van der Waals surface area contributed by atoms with Crippen LogP contribution in [-0.2, 0) is 0 Å². The molecular formula is C8H13N3S. The lowest BCUT2D eigenvalue weighted by atomic mass is 10.3. The second-order valence-corrected chi connectivity index (χ2v) is 3.40. The normalized spacial score (nSPS) is 10.0. The Balaban J connectivity index is 3.31. The Morgan fingerprint density at radius 3 is 2.33 bits per heavy atom. The highest BCUT2D eigenvalue weighted by Gasteiger charge is 2.01. The first-order chi connectivity index (χ1) is 5.52. The summed E-state index contributed by atoms with van der Waals surface area (Å²) in [5, 5.41) is 0. The number of aryl methyl sites for hydroxylation is 1. The van der Waals surface area contributed by atoms with Gasteiger partial charge in [0.25, 0.3) is 0 Å². The van der Waals surface area contributed by atoms with Crippen LogP contribution < -0.4 is 4.90 Å². The predicted molar refractivity (Wildman–Crippen MR) is 53.2 cm³/mol. The van der Waals surface area contributed by atoms with Gasteiger partial charge in [-0.25, -0.2) is 4.98 Å². The molecule has 0 aliphatic carbocycles. The lowest BCUT2D eigenvalue weighted by Gasteiger charge is -2.12. The molecule has 0 unspecified atom stereocenters. The Hall–Kier alpha value is -0.900. The fourth-order valence-electron chi connectivity index (χ4n) is 0.842. The van der Waals surface area contributed by atoms with Gasteiger partial charge in [-0.15, -0.1) is 0 Å².